The molecule has 2 aromatic rings. The molecule has 0 unspecified atom stereocenters. The second-order valence-electron chi connectivity index (χ2n) is 7.07. The number of aliphatic hydroxyl groups is 4. The number of ketones is 1. The van der Waals surface area contributed by atoms with E-state index in [1.807, 2.05) is 0 Å². The molecular formula is C21H22O11. The molecule has 11 nitrogen and oxygen atoms in total. The molecule has 5 atom stereocenters. The van der Waals surface area contributed by atoms with Gasteiger partial charge in [-0.25, -0.2) is 0 Å². The van der Waals surface area contributed by atoms with Gasteiger partial charge in [-0.3, -0.25) is 4.79 Å². The lowest BCUT2D eigenvalue weighted by Crippen LogP contribution is -2.60. The van der Waals surface area contributed by atoms with Crippen molar-refractivity contribution in [3.8, 4) is 28.7 Å². The van der Waals surface area contributed by atoms with E-state index in [0.717, 1.165) is 12.1 Å². The number of allylic oxidation sites excluding steroid dienone is 1. The summed E-state index contributed by atoms with van der Waals surface area (Å²) in [6, 6.07) is 6.55. The zero-order chi connectivity index (χ0) is 23.6. The number of hydrogen-bond acceptors (Lipinski definition) is 11. The van der Waals surface area contributed by atoms with Crippen molar-refractivity contribution < 1.29 is 55.1 Å². The Labute approximate surface area is 181 Å². The van der Waals surface area contributed by atoms with E-state index in [9.17, 15) is 45.6 Å². The monoisotopic (exact) mass is 450 g/mol. The standard InChI is InChI=1S/C21H22O11/c22-8-14-16(27)18(29)19(30)21(31-14)32-20-13(26)7-12(25)15(17(20)28)11(24)6-3-9-1-4-10(23)5-2-9/h1-7,14,16,18-19,21-23,25-30H,8H2/b6-3+/t14-,16-,18+,19-,21+/m0/s1. The average molecular weight is 450 g/mol. The van der Waals surface area contributed by atoms with Crippen molar-refractivity contribution in [3.05, 3.63) is 47.5 Å². The summed E-state index contributed by atoms with van der Waals surface area (Å²) in [7, 11) is 0. The Morgan fingerprint density at radius 1 is 0.969 bits per heavy atom. The predicted molar refractivity (Wildman–Crippen MR) is 107 cm³/mol. The Kier molecular flexibility index (Phi) is 6.87. The molecule has 172 valence electrons. The van der Waals surface area contributed by atoms with Crippen LogP contribution in [-0.2, 0) is 4.74 Å². The molecule has 1 aliphatic heterocycles. The summed E-state index contributed by atoms with van der Waals surface area (Å²) in [4.78, 5) is 12.6. The third-order valence-electron chi connectivity index (χ3n) is 4.86. The molecule has 0 saturated carbocycles. The van der Waals surface area contributed by atoms with E-state index in [2.05, 4.69) is 0 Å². The van der Waals surface area contributed by atoms with Gasteiger partial charge in [0.05, 0.1) is 6.61 Å². The van der Waals surface area contributed by atoms with E-state index in [0.29, 0.717) is 5.56 Å². The van der Waals surface area contributed by atoms with E-state index in [-0.39, 0.29) is 5.75 Å². The van der Waals surface area contributed by atoms with Crippen molar-refractivity contribution in [2.24, 2.45) is 0 Å². The fourth-order valence-electron chi connectivity index (χ4n) is 3.10. The lowest BCUT2D eigenvalue weighted by molar-refractivity contribution is -0.277. The molecule has 0 amide bonds. The predicted octanol–water partition coefficient (Wildman–Crippen LogP) is -0.416. The van der Waals surface area contributed by atoms with Gasteiger partial charge < -0.3 is 50.3 Å². The van der Waals surface area contributed by atoms with Crippen LogP contribution >= 0.6 is 0 Å². The summed E-state index contributed by atoms with van der Waals surface area (Å²) < 4.78 is 10.4. The first kappa shape index (κ1) is 23.3. The molecule has 0 radical (unpaired) electrons. The topological polar surface area (TPSA) is 197 Å². The van der Waals surface area contributed by atoms with Crippen LogP contribution in [0.3, 0.4) is 0 Å². The van der Waals surface area contributed by atoms with Crippen molar-refractivity contribution in [2.75, 3.05) is 6.61 Å². The Morgan fingerprint density at radius 2 is 1.62 bits per heavy atom. The molecule has 1 fully saturated rings. The molecule has 1 heterocycles. The quantitative estimate of drug-likeness (QED) is 0.210. The number of ether oxygens (including phenoxy) is 2. The minimum absolute atomic E-state index is 0.0253. The number of rotatable bonds is 6. The third-order valence-corrected chi connectivity index (χ3v) is 4.86. The lowest BCUT2D eigenvalue weighted by atomic mass is 9.99. The average Bonchev–Trinajstić information content (AvgIpc) is 2.75. The minimum atomic E-state index is -1.84. The van der Waals surface area contributed by atoms with Crippen LogP contribution < -0.4 is 4.74 Å². The summed E-state index contributed by atoms with van der Waals surface area (Å²) in [6.45, 7) is -0.732. The number of carbonyl (C=O) groups excluding carboxylic acids is 1. The second kappa shape index (κ2) is 9.42. The maximum Gasteiger partial charge on any atom is 0.229 e. The highest BCUT2D eigenvalue weighted by atomic mass is 16.7. The van der Waals surface area contributed by atoms with Gasteiger partial charge in [0.1, 0.15) is 41.5 Å². The van der Waals surface area contributed by atoms with Gasteiger partial charge >= 0.3 is 0 Å². The van der Waals surface area contributed by atoms with Gasteiger partial charge in [-0.15, -0.1) is 0 Å². The van der Waals surface area contributed by atoms with Gasteiger partial charge in [-0.2, -0.15) is 0 Å². The SMILES string of the molecule is O=C(/C=C/c1ccc(O)cc1)c1c(O)cc(O)c(O[C@H]2O[C@@H](CO)[C@H](O)[C@@H](O)[C@@H]2O)c1O. The van der Waals surface area contributed by atoms with Gasteiger partial charge in [0.15, 0.2) is 17.3 Å². The van der Waals surface area contributed by atoms with Crippen molar-refractivity contribution in [1.82, 2.24) is 0 Å². The summed E-state index contributed by atoms with van der Waals surface area (Å²) in [5.74, 6) is -4.13. The number of aliphatic hydroxyl groups excluding tert-OH is 4. The molecule has 2 aromatic carbocycles. The van der Waals surface area contributed by atoms with Gasteiger partial charge in [0.2, 0.25) is 12.0 Å². The van der Waals surface area contributed by atoms with Gasteiger partial charge in [0.25, 0.3) is 0 Å². The fraction of sp³-hybridized carbons (Fsp3) is 0.286. The Balaban J connectivity index is 1.89. The number of aromatic hydroxyl groups is 4. The summed E-state index contributed by atoms with van der Waals surface area (Å²) >= 11 is 0. The number of phenolic OH excluding ortho intramolecular Hbond substituents is 4. The zero-order valence-electron chi connectivity index (χ0n) is 16.4. The van der Waals surface area contributed by atoms with Crippen molar-refractivity contribution >= 4 is 11.9 Å². The molecule has 32 heavy (non-hydrogen) atoms. The number of carbonyl (C=O) groups is 1. The van der Waals surface area contributed by atoms with Crippen LogP contribution in [-0.4, -0.2) is 83.9 Å². The molecule has 11 heteroatoms. The van der Waals surface area contributed by atoms with Crippen molar-refractivity contribution in [1.29, 1.82) is 0 Å². The first-order valence-electron chi connectivity index (χ1n) is 9.40. The van der Waals surface area contributed by atoms with E-state index in [4.69, 9.17) is 9.47 Å². The maximum absolute atomic E-state index is 12.6. The summed E-state index contributed by atoms with van der Waals surface area (Å²) in [5.41, 5.74) is -0.0934. The lowest BCUT2D eigenvalue weighted by Gasteiger charge is -2.39. The minimum Gasteiger partial charge on any atom is -0.508 e. The van der Waals surface area contributed by atoms with E-state index < -0.39 is 71.7 Å². The molecule has 8 N–H and O–H groups in total. The van der Waals surface area contributed by atoms with E-state index in [1.165, 1.54) is 30.3 Å². The molecule has 0 bridgehead atoms. The first-order valence-corrected chi connectivity index (χ1v) is 9.40. The van der Waals surface area contributed by atoms with Crippen LogP contribution in [0.5, 0.6) is 28.7 Å². The Hall–Kier alpha value is -3.35. The largest absolute Gasteiger partial charge is 0.508 e. The molecule has 0 aromatic heterocycles. The summed E-state index contributed by atoms with van der Waals surface area (Å²) in [5, 5.41) is 78.9. The van der Waals surface area contributed by atoms with Crippen LogP contribution in [0.15, 0.2) is 36.4 Å². The molecule has 0 spiro atoms. The van der Waals surface area contributed by atoms with E-state index in [1.54, 1.807) is 0 Å². The molecule has 1 saturated heterocycles. The highest BCUT2D eigenvalue weighted by Gasteiger charge is 2.45. The third kappa shape index (κ3) is 4.61. The highest BCUT2D eigenvalue weighted by molar-refractivity contribution is 6.11. The highest BCUT2D eigenvalue weighted by Crippen LogP contribution is 2.45. The Morgan fingerprint density at radius 3 is 2.25 bits per heavy atom. The van der Waals surface area contributed by atoms with Gasteiger partial charge in [-0.05, 0) is 23.8 Å². The molecule has 3 rings (SSSR count). The number of benzene rings is 2. The maximum atomic E-state index is 12.6. The normalized spacial score (nSPS) is 25.7. The van der Waals surface area contributed by atoms with Gasteiger partial charge in [0, 0.05) is 6.07 Å². The van der Waals surface area contributed by atoms with Crippen LogP contribution in [0.2, 0.25) is 0 Å². The molecular weight excluding hydrogens is 428 g/mol. The number of hydrogen-bond donors (Lipinski definition) is 8. The molecule has 0 aliphatic carbocycles. The van der Waals surface area contributed by atoms with Crippen LogP contribution in [0, 0.1) is 0 Å². The Bertz CT molecular complexity index is 1000. The first-order chi connectivity index (χ1) is 15.1. The molecule has 1 aliphatic rings. The van der Waals surface area contributed by atoms with Gasteiger partial charge in [-0.1, -0.05) is 18.2 Å². The summed E-state index contributed by atoms with van der Waals surface area (Å²) in [6.07, 6.45) is -5.95. The van der Waals surface area contributed by atoms with Crippen LogP contribution in [0.25, 0.3) is 6.08 Å². The number of phenols is 4. The van der Waals surface area contributed by atoms with E-state index >= 15 is 0 Å². The second-order valence-corrected chi connectivity index (χ2v) is 7.07. The van der Waals surface area contributed by atoms with Crippen LogP contribution in [0.1, 0.15) is 15.9 Å². The van der Waals surface area contributed by atoms with Crippen molar-refractivity contribution in [2.45, 2.75) is 30.7 Å². The van der Waals surface area contributed by atoms with Crippen LogP contribution in [0.4, 0.5) is 0 Å². The fourth-order valence-corrected chi connectivity index (χ4v) is 3.10. The van der Waals surface area contributed by atoms with Crippen molar-refractivity contribution in [3.63, 3.8) is 0 Å². The zero-order valence-corrected chi connectivity index (χ0v) is 16.4. The smallest absolute Gasteiger partial charge is 0.229 e.